The van der Waals surface area contributed by atoms with Crippen molar-refractivity contribution in [1.82, 2.24) is 0 Å². The quantitative estimate of drug-likeness (QED) is 0.518. The molecule has 8 atom stereocenters. The molecule has 2 saturated heterocycles. The molecule has 4 fully saturated rings. The Hall–Kier alpha value is -1.72. The SMILES string of the molecule is CC1C(=O)OC(=O)C1C1C(C)C2CC1C1C(=O)OC(=O)C21. The van der Waals surface area contributed by atoms with Gasteiger partial charge in [-0.2, -0.15) is 0 Å². The molecule has 0 aromatic carbocycles. The van der Waals surface area contributed by atoms with Crippen LogP contribution in [-0.2, 0) is 28.7 Å². The number of esters is 4. The fraction of sp³-hybridized carbons (Fsp3) is 0.733. The number of fused-ring (bicyclic) bond motifs is 5. The molecule has 6 nitrogen and oxygen atoms in total. The minimum atomic E-state index is -0.494. The monoisotopic (exact) mass is 292 g/mol. The van der Waals surface area contributed by atoms with E-state index in [1.165, 1.54) is 0 Å². The van der Waals surface area contributed by atoms with Gasteiger partial charge in [0.15, 0.2) is 0 Å². The molecule has 2 aliphatic carbocycles. The Morgan fingerprint density at radius 1 is 0.762 bits per heavy atom. The molecule has 6 heteroatoms. The van der Waals surface area contributed by atoms with E-state index in [0.29, 0.717) is 0 Å². The van der Waals surface area contributed by atoms with Crippen LogP contribution in [0.5, 0.6) is 0 Å². The zero-order chi connectivity index (χ0) is 15.0. The fourth-order valence-corrected chi connectivity index (χ4v) is 5.33. The molecule has 0 N–H and O–H groups in total. The Morgan fingerprint density at radius 2 is 1.29 bits per heavy atom. The Balaban J connectivity index is 1.70. The third kappa shape index (κ3) is 1.43. The van der Waals surface area contributed by atoms with Crippen molar-refractivity contribution in [2.45, 2.75) is 20.3 Å². The molecule has 4 rings (SSSR count). The molecule has 2 bridgehead atoms. The molecule has 0 aromatic heterocycles. The number of ether oxygens (including phenoxy) is 2. The van der Waals surface area contributed by atoms with Crippen LogP contribution in [0.2, 0.25) is 0 Å². The number of hydrogen-bond acceptors (Lipinski definition) is 6. The lowest BCUT2D eigenvalue weighted by atomic mass is 9.64. The summed E-state index contributed by atoms with van der Waals surface area (Å²) in [6.07, 6.45) is 0.757. The predicted molar refractivity (Wildman–Crippen MR) is 66.1 cm³/mol. The maximum Gasteiger partial charge on any atom is 0.317 e. The van der Waals surface area contributed by atoms with E-state index in [-0.39, 0.29) is 29.6 Å². The van der Waals surface area contributed by atoms with E-state index in [2.05, 4.69) is 0 Å². The van der Waals surface area contributed by atoms with Crippen molar-refractivity contribution in [1.29, 1.82) is 0 Å². The van der Waals surface area contributed by atoms with E-state index in [9.17, 15) is 19.2 Å². The van der Waals surface area contributed by atoms with Crippen molar-refractivity contribution < 1.29 is 28.7 Å². The first-order valence-electron chi connectivity index (χ1n) is 7.43. The Morgan fingerprint density at radius 3 is 1.86 bits per heavy atom. The predicted octanol–water partition coefficient (Wildman–Crippen LogP) is 0.540. The fourth-order valence-electron chi connectivity index (χ4n) is 5.33. The van der Waals surface area contributed by atoms with Gasteiger partial charge in [0.2, 0.25) is 0 Å². The van der Waals surface area contributed by atoms with Gasteiger partial charge in [-0.1, -0.05) is 13.8 Å². The minimum Gasteiger partial charge on any atom is -0.393 e. The molecule has 2 aliphatic heterocycles. The third-order valence-corrected chi connectivity index (χ3v) is 6.17. The second kappa shape index (κ2) is 3.93. The molecular weight excluding hydrogens is 276 g/mol. The van der Waals surface area contributed by atoms with Crippen molar-refractivity contribution in [3.8, 4) is 0 Å². The van der Waals surface area contributed by atoms with Gasteiger partial charge >= 0.3 is 23.9 Å². The van der Waals surface area contributed by atoms with Crippen molar-refractivity contribution in [3.05, 3.63) is 0 Å². The summed E-state index contributed by atoms with van der Waals surface area (Å²) in [5.74, 6) is -3.54. The average Bonchev–Trinajstić information content (AvgIpc) is 3.08. The average molecular weight is 292 g/mol. The van der Waals surface area contributed by atoms with Crippen LogP contribution in [0.3, 0.4) is 0 Å². The maximum absolute atomic E-state index is 12.0. The highest BCUT2D eigenvalue weighted by Crippen LogP contribution is 2.63. The normalized spacial score (nSPS) is 51.3. The Labute approximate surface area is 121 Å². The summed E-state index contributed by atoms with van der Waals surface area (Å²) in [6, 6.07) is 0. The van der Waals surface area contributed by atoms with Crippen LogP contribution in [0.25, 0.3) is 0 Å². The molecule has 4 aliphatic rings. The van der Waals surface area contributed by atoms with Gasteiger partial charge in [0.25, 0.3) is 0 Å². The Kier molecular flexibility index (Phi) is 2.43. The van der Waals surface area contributed by atoms with Crippen LogP contribution in [0.15, 0.2) is 0 Å². The van der Waals surface area contributed by atoms with E-state index < -0.39 is 41.6 Å². The molecule has 8 unspecified atom stereocenters. The van der Waals surface area contributed by atoms with E-state index >= 15 is 0 Å². The van der Waals surface area contributed by atoms with Crippen LogP contribution in [0.4, 0.5) is 0 Å². The highest BCUT2D eigenvalue weighted by Gasteiger charge is 2.68. The van der Waals surface area contributed by atoms with Crippen molar-refractivity contribution >= 4 is 23.9 Å². The third-order valence-electron chi connectivity index (χ3n) is 6.17. The van der Waals surface area contributed by atoms with Gasteiger partial charge < -0.3 is 9.47 Å². The van der Waals surface area contributed by atoms with Gasteiger partial charge in [-0.05, 0) is 30.1 Å². The lowest BCUT2D eigenvalue weighted by Gasteiger charge is -2.36. The second-order valence-corrected chi connectivity index (χ2v) is 6.85. The maximum atomic E-state index is 12.0. The molecule has 0 spiro atoms. The van der Waals surface area contributed by atoms with E-state index in [4.69, 9.17) is 9.47 Å². The zero-order valence-corrected chi connectivity index (χ0v) is 11.8. The van der Waals surface area contributed by atoms with Crippen LogP contribution < -0.4 is 0 Å². The Bertz CT molecular complexity index is 581. The van der Waals surface area contributed by atoms with Crippen LogP contribution in [-0.4, -0.2) is 23.9 Å². The molecular formula is C15H16O6. The van der Waals surface area contributed by atoms with Gasteiger partial charge in [-0.15, -0.1) is 0 Å². The highest BCUT2D eigenvalue weighted by molar-refractivity contribution is 5.99. The van der Waals surface area contributed by atoms with Gasteiger partial charge in [0, 0.05) is 0 Å². The first-order chi connectivity index (χ1) is 9.91. The summed E-state index contributed by atoms with van der Waals surface area (Å²) in [4.78, 5) is 47.4. The summed E-state index contributed by atoms with van der Waals surface area (Å²) < 4.78 is 9.54. The molecule has 0 aromatic rings. The van der Waals surface area contributed by atoms with Crippen molar-refractivity contribution in [3.63, 3.8) is 0 Å². The van der Waals surface area contributed by atoms with Gasteiger partial charge in [-0.25, -0.2) is 0 Å². The molecule has 0 radical (unpaired) electrons. The van der Waals surface area contributed by atoms with Crippen LogP contribution in [0, 0.1) is 47.3 Å². The minimum absolute atomic E-state index is 0.0557. The van der Waals surface area contributed by atoms with E-state index in [0.717, 1.165) is 6.42 Å². The molecule has 21 heavy (non-hydrogen) atoms. The highest BCUT2D eigenvalue weighted by atomic mass is 16.6. The standard InChI is InChI=1S/C15H16O6/c1-4-6-3-7(11-10(6)14(18)21-15(11)19)8(4)9-5(2)12(16)20-13(9)17/h4-11H,3H2,1-2H3. The molecule has 2 saturated carbocycles. The summed E-state index contributed by atoms with van der Waals surface area (Å²) >= 11 is 0. The molecule has 112 valence electrons. The topological polar surface area (TPSA) is 86.7 Å². The number of carbonyl (C=O) groups excluding carboxylic acids is 4. The first-order valence-corrected chi connectivity index (χ1v) is 7.43. The lowest BCUT2D eigenvalue weighted by molar-refractivity contribution is -0.157. The molecule has 2 heterocycles. The van der Waals surface area contributed by atoms with E-state index in [1.807, 2.05) is 6.92 Å². The summed E-state index contributed by atoms with van der Waals surface area (Å²) in [7, 11) is 0. The van der Waals surface area contributed by atoms with Crippen molar-refractivity contribution in [2.75, 3.05) is 0 Å². The van der Waals surface area contributed by atoms with Crippen molar-refractivity contribution in [2.24, 2.45) is 47.3 Å². The number of cyclic esters (lactones) is 4. The smallest absolute Gasteiger partial charge is 0.317 e. The molecule has 0 amide bonds. The largest absolute Gasteiger partial charge is 0.393 e. The lowest BCUT2D eigenvalue weighted by Crippen LogP contribution is -2.41. The van der Waals surface area contributed by atoms with E-state index in [1.54, 1.807) is 6.92 Å². The number of carbonyl (C=O) groups is 4. The first kappa shape index (κ1) is 13.0. The van der Waals surface area contributed by atoms with Crippen LogP contribution in [0.1, 0.15) is 20.3 Å². The summed E-state index contributed by atoms with van der Waals surface area (Å²) in [5.41, 5.74) is 0. The second-order valence-electron chi connectivity index (χ2n) is 6.85. The summed E-state index contributed by atoms with van der Waals surface area (Å²) in [5, 5.41) is 0. The van der Waals surface area contributed by atoms with Crippen LogP contribution >= 0.6 is 0 Å². The summed E-state index contributed by atoms with van der Waals surface area (Å²) in [6.45, 7) is 3.71. The van der Waals surface area contributed by atoms with Gasteiger partial charge in [-0.3, -0.25) is 19.2 Å². The number of hydrogen-bond donors (Lipinski definition) is 0. The van der Waals surface area contributed by atoms with Gasteiger partial charge in [0.1, 0.15) is 0 Å². The van der Waals surface area contributed by atoms with Gasteiger partial charge in [0.05, 0.1) is 23.7 Å². The zero-order valence-electron chi connectivity index (χ0n) is 11.8. The number of rotatable bonds is 1.